The Morgan fingerprint density at radius 3 is 2.40 bits per heavy atom. The first-order chi connectivity index (χ1) is 9.58. The second-order valence-corrected chi connectivity index (χ2v) is 4.34. The number of carbonyl (C=O) groups is 1. The molecule has 5 nitrogen and oxygen atoms in total. The fourth-order valence-electron chi connectivity index (χ4n) is 1.89. The van der Waals surface area contributed by atoms with E-state index in [9.17, 15) is 4.79 Å². The maximum atomic E-state index is 12.3. The van der Waals surface area contributed by atoms with Crippen LogP contribution >= 0.6 is 0 Å². The standard InChI is InChI=1S/C15H17NO4/c1-10-7-8-20-14(10)15(17)16(2)11-5-6-12(18-3)13(9-11)19-4/h5-9H,1-4H3. The molecule has 1 amide bonds. The number of carbonyl (C=O) groups excluding carboxylic acids is 1. The zero-order chi connectivity index (χ0) is 14.7. The highest BCUT2D eigenvalue weighted by Crippen LogP contribution is 2.31. The van der Waals surface area contributed by atoms with E-state index in [1.807, 2.05) is 6.92 Å². The molecular weight excluding hydrogens is 258 g/mol. The van der Waals surface area contributed by atoms with Gasteiger partial charge in [0.2, 0.25) is 0 Å². The molecule has 0 bridgehead atoms. The van der Waals surface area contributed by atoms with E-state index >= 15 is 0 Å². The van der Waals surface area contributed by atoms with Crippen LogP contribution in [0, 0.1) is 6.92 Å². The van der Waals surface area contributed by atoms with Crippen molar-refractivity contribution >= 4 is 11.6 Å². The van der Waals surface area contributed by atoms with Gasteiger partial charge in [-0.3, -0.25) is 4.79 Å². The highest BCUT2D eigenvalue weighted by atomic mass is 16.5. The lowest BCUT2D eigenvalue weighted by atomic mass is 10.2. The lowest BCUT2D eigenvalue weighted by Crippen LogP contribution is -2.26. The van der Waals surface area contributed by atoms with Gasteiger partial charge in [0.05, 0.1) is 20.5 Å². The number of amides is 1. The van der Waals surface area contributed by atoms with Gasteiger partial charge in [-0.15, -0.1) is 0 Å². The van der Waals surface area contributed by atoms with Gasteiger partial charge in [-0.25, -0.2) is 0 Å². The third-order valence-corrected chi connectivity index (χ3v) is 3.12. The van der Waals surface area contributed by atoms with Crippen molar-refractivity contribution in [3.8, 4) is 11.5 Å². The molecule has 106 valence electrons. The summed E-state index contributed by atoms with van der Waals surface area (Å²) in [6.07, 6.45) is 1.50. The maximum Gasteiger partial charge on any atom is 0.293 e. The summed E-state index contributed by atoms with van der Waals surface area (Å²) in [5, 5.41) is 0. The number of hydrogen-bond acceptors (Lipinski definition) is 4. The van der Waals surface area contributed by atoms with Crippen LogP contribution in [-0.4, -0.2) is 27.2 Å². The minimum Gasteiger partial charge on any atom is -0.493 e. The molecule has 0 saturated heterocycles. The zero-order valence-corrected chi connectivity index (χ0v) is 12.0. The van der Waals surface area contributed by atoms with Crippen molar-refractivity contribution in [3.05, 3.63) is 41.9 Å². The summed E-state index contributed by atoms with van der Waals surface area (Å²) in [5.74, 6) is 1.31. The first kappa shape index (κ1) is 14.0. The Morgan fingerprint density at radius 2 is 1.85 bits per heavy atom. The molecule has 1 heterocycles. The van der Waals surface area contributed by atoms with Gasteiger partial charge in [0.1, 0.15) is 0 Å². The fourth-order valence-corrected chi connectivity index (χ4v) is 1.89. The molecule has 0 aliphatic heterocycles. The Bertz CT molecular complexity index is 618. The van der Waals surface area contributed by atoms with E-state index in [4.69, 9.17) is 13.9 Å². The molecule has 0 aliphatic carbocycles. The number of methoxy groups -OCH3 is 2. The summed E-state index contributed by atoms with van der Waals surface area (Å²) in [5.41, 5.74) is 1.51. The van der Waals surface area contributed by atoms with Crippen molar-refractivity contribution in [1.82, 2.24) is 0 Å². The van der Waals surface area contributed by atoms with E-state index < -0.39 is 0 Å². The van der Waals surface area contributed by atoms with Crippen LogP contribution in [0.25, 0.3) is 0 Å². The lowest BCUT2D eigenvalue weighted by molar-refractivity contribution is 0.0965. The van der Waals surface area contributed by atoms with Gasteiger partial charge in [0.15, 0.2) is 17.3 Å². The van der Waals surface area contributed by atoms with Gasteiger partial charge in [-0.05, 0) is 25.1 Å². The molecule has 0 unspecified atom stereocenters. The highest BCUT2D eigenvalue weighted by molar-refractivity contribution is 6.04. The summed E-state index contributed by atoms with van der Waals surface area (Å²) >= 11 is 0. The molecule has 2 rings (SSSR count). The zero-order valence-electron chi connectivity index (χ0n) is 12.0. The average Bonchev–Trinajstić information content (AvgIpc) is 2.91. The smallest absolute Gasteiger partial charge is 0.293 e. The van der Waals surface area contributed by atoms with E-state index in [1.165, 1.54) is 11.2 Å². The van der Waals surface area contributed by atoms with E-state index in [-0.39, 0.29) is 5.91 Å². The van der Waals surface area contributed by atoms with E-state index in [2.05, 4.69) is 0 Å². The predicted octanol–water partition coefficient (Wildman–Crippen LogP) is 2.88. The first-order valence-electron chi connectivity index (χ1n) is 6.12. The number of rotatable bonds is 4. The lowest BCUT2D eigenvalue weighted by Gasteiger charge is -2.18. The van der Waals surface area contributed by atoms with Crippen molar-refractivity contribution in [1.29, 1.82) is 0 Å². The van der Waals surface area contributed by atoms with Crippen molar-refractivity contribution in [3.63, 3.8) is 0 Å². The molecule has 0 radical (unpaired) electrons. The first-order valence-corrected chi connectivity index (χ1v) is 6.12. The monoisotopic (exact) mass is 275 g/mol. The number of benzene rings is 1. The predicted molar refractivity (Wildman–Crippen MR) is 75.7 cm³/mol. The Morgan fingerprint density at radius 1 is 1.15 bits per heavy atom. The summed E-state index contributed by atoms with van der Waals surface area (Å²) in [6, 6.07) is 7.05. The summed E-state index contributed by atoms with van der Waals surface area (Å²) < 4.78 is 15.6. The summed E-state index contributed by atoms with van der Waals surface area (Å²) in [7, 11) is 4.81. The summed E-state index contributed by atoms with van der Waals surface area (Å²) in [6.45, 7) is 1.83. The molecule has 0 fully saturated rings. The third-order valence-electron chi connectivity index (χ3n) is 3.12. The van der Waals surface area contributed by atoms with Gasteiger partial charge in [-0.2, -0.15) is 0 Å². The number of furan rings is 1. The van der Waals surface area contributed by atoms with Crippen LogP contribution in [0.3, 0.4) is 0 Å². The van der Waals surface area contributed by atoms with Crippen LogP contribution in [0.2, 0.25) is 0 Å². The van der Waals surface area contributed by atoms with E-state index in [0.29, 0.717) is 22.9 Å². The van der Waals surface area contributed by atoms with Gasteiger partial charge < -0.3 is 18.8 Å². The van der Waals surface area contributed by atoms with Crippen LogP contribution < -0.4 is 14.4 Å². The number of ether oxygens (including phenoxy) is 2. The normalized spacial score (nSPS) is 10.2. The molecular formula is C15H17NO4. The molecule has 1 aromatic carbocycles. The Kier molecular flexibility index (Phi) is 3.98. The van der Waals surface area contributed by atoms with Crippen molar-refractivity contribution < 1.29 is 18.7 Å². The van der Waals surface area contributed by atoms with Crippen LogP contribution in [0.5, 0.6) is 11.5 Å². The quantitative estimate of drug-likeness (QED) is 0.861. The summed E-state index contributed by atoms with van der Waals surface area (Å²) in [4.78, 5) is 13.8. The van der Waals surface area contributed by atoms with Crippen LogP contribution in [-0.2, 0) is 0 Å². The fraction of sp³-hybridized carbons (Fsp3) is 0.267. The van der Waals surface area contributed by atoms with Gasteiger partial charge in [-0.1, -0.05) is 0 Å². The SMILES string of the molecule is COc1ccc(N(C)C(=O)c2occc2C)cc1OC. The Balaban J connectivity index is 2.32. The Labute approximate surface area is 117 Å². The number of aryl methyl sites for hydroxylation is 1. The molecule has 5 heteroatoms. The topological polar surface area (TPSA) is 51.9 Å². The van der Waals surface area contributed by atoms with Crippen LogP contribution in [0.4, 0.5) is 5.69 Å². The molecule has 0 N–H and O–H groups in total. The Hall–Kier alpha value is -2.43. The third kappa shape index (κ3) is 2.47. The van der Waals surface area contributed by atoms with Crippen molar-refractivity contribution in [2.24, 2.45) is 0 Å². The average molecular weight is 275 g/mol. The molecule has 1 aromatic heterocycles. The van der Waals surface area contributed by atoms with E-state index in [0.717, 1.165) is 5.56 Å². The van der Waals surface area contributed by atoms with Gasteiger partial charge >= 0.3 is 0 Å². The van der Waals surface area contributed by atoms with Crippen LogP contribution in [0.1, 0.15) is 16.1 Å². The minimum atomic E-state index is -0.209. The van der Waals surface area contributed by atoms with E-state index in [1.54, 1.807) is 45.5 Å². The second kappa shape index (κ2) is 5.69. The van der Waals surface area contributed by atoms with Gasteiger partial charge in [0.25, 0.3) is 5.91 Å². The molecule has 20 heavy (non-hydrogen) atoms. The number of nitrogens with zero attached hydrogens (tertiary/aromatic N) is 1. The number of anilines is 1. The largest absolute Gasteiger partial charge is 0.493 e. The van der Waals surface area contributed by atoms with Crippen molar-refractivity contribution in [2.75, 3.05) is 26.2 Å². The molecule has 0 saturated carbocycles. The van der Waals surface area contributed by atoms with Crippen molar-refractivity contribution in [2.45, 2.75) is 6.92 Å². The molecule has 0 aliphatic rings. The van der Waals surface area contributed by atoms with Gasteiger partial charge in [0, 0.05) is 24.4 Å². The van der Waals surface area contributed by atoms with Crippen LogP contribution in [0.15, 0.2) is 34.9 Å². The second-order valence-electron chi connectivity index (χ2n) is 4.34. The maximum absolute atomic E-state index is 12.3. The molecule has 2 aromatic rings. The number of hydrogen-bond donors (Lipinski definition) is 0. The minimum absolute atomic E-state index is 0.209. The molecule has 0 spiro atoms. The highest BCUT2D eigenvalue weighted by Gasteiger charge is 2.19. The molecule has 0 atom stereocenters.